The lowest BCUT2D eigenvalue weighted by atomic mass is 9.88. The van der Waals surface area contributed by atoms with Crippen molar-refractivity contribution in [1.82, 2.24) is 10.6 Å². The number of benzene rings is 4. The van der Waals surface area contributed by atoms with Gasteiger partial charge in [0.25, 0.3) is 0 Å². The molecule has 3 aliphatic rings. The molecule has 0 bridgehead atoms. The highest BCUT2D eigenvalue weighted by Crippen LogP contribution is 2.40. The van der Waals surface area contributed by atoms with Crippen LogP contribution in [0.25, 0.3) is 11.4 Å². The van der Waals surface area contributed by atoms with Crippen molar-refractivity contribution in [2.24, 2.45) is 0 Å². The summed E-state index contributed by atoms with van der Waals surface area (Å²) in [4.78, 5) is 28.5. The summed E-state index contributed by atoms with van der Waals surface area (Å²) in [5.41, 5.74) is 5.36. The van der Waals surface area contributed by atoms with Gasteiger partial charge in [0.05, 0.1) is 38.3 Å². The molecule has 0 spiro atoms. The number of hydrogen-bond acceptors (Lipinski definition) is 10. The average molecular weight is 667 g/mol. The van der Waals surface area contributed by atoms with Gasteiger partial charge in [-0.1, -0.05) is 60.7 Å². The van der Waals surface area contributed by atoms with Gasteiger partial charge >= 0.3 is 0 Å². The standard InChI is InChI=1S/C40H34N4O6/c1-47-28-18-14-26(15-19-28)41-23-30-37(46)34-32(50-40(30)42-27-16-20-29(48-2)21-17-27)22-31(45)33(38(34)49-3)39-43-35(24-10-6-4-7-11-24)36(44-39)25-12-8-5-9-13-25/h4-23,40-44H,1-3H3/b30-23+. The summed E-state index contributed by atoms with van der Waals surface area (Å²) in [6, 6.07) is 34.1. The molecule has 1 fully saturated rings. The van der Waals surface area contributed by atoms with Gasteiger partial charge in [-0.05, 0) is 48.5 Å². The number of allylic oxidation sites excluding steroid dienone is 3. The Kier molecular flexibility index (Phi) is 8.81. The van der Waals surface area contributed by atoms with Gasteiger partial charge in [0.15, 0.2) is 5.78 Å². The molecular formula is C40H34N4O6. The molecule has 1 saturated heterocycles. The first-order chi connectivity index (χ1) is 24.5. The first-order valence-corrected chi connectivity index (χ1v) is 15.9. The number of hydrogen-bond donors (Lipinski definition) is 4. The summed E-state index contributed by atoms with van der Waals surface area (Å²) in [7, 11) is 4.62. The molecule has 250 valence electrons. The fraction of sp³-hybridized carbons (Fsp3) is 0.100. The van der Waals surface area contributed by atoms with Crippen LogP contribution >= 0.6 is 0 Å². The summed E-state index contributed by atoms with van der Waals surface area (Å²) in [6.07, 6.45) is 1.98. The quantitative estimate of drug-likeness (QED) is 0.151. The fourth-order valence-electron chi connectivity index (χ4n) is 5.92. The number of anilines is 2. The minimum atomic E-state index is -0.949. The number of methoxy groups -OCH3 is 3. The molecule has 7 rings (SSSR count). The van der Waals surface area contributed by atoms with Crippen LogP contribution in [0.15, 0.2) is 156 Å². The van der Waals surface area contributed by atoms with E-state index in [9.17, 15) is 9.59 Å². The zero-order valence-electron chi connectivity index (χ0n) is 27.6. The number of carbonyl (C=O) groups is 2. The molecule has 0 aromatic heterocycles. The number of fused-ring (bicyclic) bond motifs is 1. The van der Waals surface area contributed by atoms with E-state index in [0.717, 1.165) is 28.2 Å². The van der Waals surface area contributed by atoms with Crippen molar-refractivity contribution in [1.29, 1.82) is 0 Å². The zero-order valence-corrected chi connectivity index (χ0v) is 27.6. The van der Waals surface area contributed by atoms with Crippen LogP contribution in [0.5, 0.6) is 11.5 Å². The molecule has 2 aliphatic heterocycles. The normalized spacial score (nSPS) is 17.8. The maximum absolute atomic E-state index is 14.6. The van der Waals surface area contributed by atoms with Gasteiger partial charge in [-0.2, -0.15) is 0 Å². The van der Waals surface area contributed by atoms with Crippen molar-refractivity contribution >= 4 is 34.3 Å². The molecule has 4 N–H and O–H groups in total. The van der Waals surface area contributed by atoms with Gasteiger partial charge in [-0.3, -0.25) is 9.59 Å². The summed E-state index contributed by atoms with van der Waals surface area (Å²) in [5, 5.41) is 13.3. The highest BCUT2D eigenvalue weighted by molar-refractivity contribution is 6.20. The lowest BCUT2D eigenvalue weighted by Gasteiger charge is -2.33. The van der Waals surface area contributed by atoms with E-state index in [2.05, 4.69) is 21.3 Å². The highest BCUT2D eigenvalue weighted by atomic mass is 16.5. The smallest absolute Gasteiger partial charge is 0.203 e. The van der Waals surface area contributed by atoms with Crippen LogP contribution in [0.2, 0.25) is 0 Å². The summed E-state index contributed by atoms with van der Waals surface area (Å²) >= 11 is 0. The average Bonchev–Trinajstić information content (AvgIpc) is 3.60. The van der Waals surface area contributed by atoms with E-state index in [1.54, 1.807) is 32.6 Å². The molecule has 1 atom stereocenters. The van der Waals surface area contributed by atoms with E-state index in [1.165, 1.54) is 13.2 Å². The van der Waals surface area contributed by atoms with Gasteiger partial charge in [-0.15, -0.1) is 0 Å². The molecule has 0 radical (unpaired) electrons. The third-order valence-corrected chi connectivity index (χ3v) is 8.43. The second-order valence-electron chi connectivity index (χ2n) is 11.4. The van der Waals surface area contributed by atoms with Crippen molar-refractivity contribution in [2.75, 3.05) is 32.0 Å². The lowest BCUT2D eigenvalue weighted by Crippen LogP contribution is -2.39. The maximum atomic E-state index is 14.6. The molecule has 0 saturated carbocycles. The maximum Gasteiger partial charge on any atom is 0.203 e. The largest absolute Gasteiger partial charge is 0.497 e. The van der Waals surface area contributed by atoms with Crippen LogP contribution in [0.3, 0.4) is 0 Å². The van der Waals surface area contributed by atoms with Crippen LogP contribution < -0.4 is 30.7 Å². The number of ether oxygens (including phenoxy) is 4. The minimum absolute atomic E-state index is 0.0902. The lowest BCUT2D eigenvalue weighted by molar-refractivity contribution is -0.115. The Morgan fingerprint density at radius 2 is 1.20 bits per heavy atom. The molecule has 4 aromatic carbocycles. The Labute approximate surface area is 289 Å². The molecule has 0 amide bonds. The Morgan fingerprint density at radius 3 is 1.72 bits per heavy atom. The second kappa shape index (κ2) is 13.8. The van der Waals surface area contributed by atoms with Crippen LogP contribution in [0.4, 0.5) is 11.4 Å². The number of rotatable bonds is 9. The molecule has 2 heterocycles. The first-order valence-electron chi connectivity index (χ1n) is 15.9. The first kappa shape index (κ1) is 31.9. The van der Waals surface area contributed by atoms with Gasteiger partial charge < -0.3 is 40.2 Å². The molecule has 50 heavy (non-hydrogen) atoms. The van der Waals surface area contributed by atoms with E-state index in [1.807, 2.05) is 97.1 Å². The zero-order chi connectivity index (χ0) is 34.6. The van der Waals surface area contributed by atoms with E-state index in [0.29, 0.717) is 23.0 Å². The van der Waals surface area contributed by atoms with Crippen LogP contribution in [-0.2, 0) is 19.1 Å². The van der Waals surface area contributed by atoms with Gasteiger partial charge in [0, 0.05) is 34.8 Å². The number of ketones is 2. The van der Waals surface area contributed by atoms with Crippen molar-refractivity contribution in [3.05, 3.63) is 167 Å². The molecule has 4 aromatic rings. The highest BCUT2D eigenvalue weighted by Gasteiger charge is 2.43. The van der Waals surface area contributed by atoms with E-state index in [-0.39, 0.29) is 34.0 Å². The van der Waals surface area contributed by atoms with E-state index in [4.69, 9.17) is 18.9 Å². The van der Waals surface area contributed by atoms with Crippen molar-refractivity contribution < 1.29 is 28.5 Å². The Balaban J connectivity index is 1.29. The van der Waals surface area contributed by atoms with Crippen LogP contribution in [-0.4, -0.2) is 39.1 Å². The molecule has 10 nitrogen and oxygen atoms in total. The molecular weight excluding hydrogens is 632 g/mol. The van der Waals surface area contributed by atoms with Crippen molar-refractivity contribution in [3.8, 4) is 11.5 Å². The fourth-order valence-corrected chi connectivity index (χ4v) is 5.92. The third kappa shape index (κ3) is 6.17. The third-order valence-electron chi connectivity index (χ3n) is 8.43. The van der Waals surface area contributed by atoms with E-state index < -0.39 is 12.0 Å². The van der Waals surface area contributed by atoms with Crippen LogP contribution in [0.1, 0.15) is 11.1 Å². The monoisotopic (exact) mass is 666 g/mol. The van der Waals surface area contributed by atoms with Crippen molar-refractivity contribution in [3.63, 3.8) is 0 Å². The second-order valence-corrected chi connectivity index (χ2v) is 11.4. The van der Waals surface area contributed by atoms with Crippen molar-refractivity contribution in [2.45, 2.75) is 6.23 Å². The number of nitrogens with one attached hydrogen (secondary N) is 4. The summed E-state index contributed by atoms with van der Waals surface area (Å²) in [6.45, 7) is 0. The van der Waals surface area contributed by atoms with Crippen LogP contribution in [0, 0.1) is 0 Å². The molecule has 1 aliphatic carbocycles. The molecule has 1 unspecified atom stereocenters. The van der Waals surface area contributed by atoms with Gasteiger partial charge in [0.1, 0.15) is 40.0 Å². The predicted octanol–water partition coefficient (Wildman–Crippen LogP) is 6.33. The minimum Gasteiger partial charge on any atom is -0.497 e. The van der Waals surface area contributed by atoms with Gasteiger partial charge in [-0.25, -0.2) is 0 Å². The Bertz CT molecular complexity index is 2050. The SMILES string of the molecule is COC1=C2C(=O)/C(=C\Nc3ccc(OC)cc3)C(Nc3ccc(OC)cc3)OC2=CC(=O)C1=C1NC(c2ccccc2)=C(c2ccccc2)N1. The molecule has 10 heteroatoms. The van der Waals surface area contributed by atoms with Gasteiger partial charge in [0.2, 0.25) is 12.0 Å². The predicted molar refractivity (Wildman–Crippen MR) is 191 cm³/mol. The topological polar surface area (TPSA) is 119 Å². The number of carbonyl (C=O) groups excluding carboxylic acids is 2. The number of Topliss-reactive ketones (excluding diaryl/α,β-unsaturated/α-hetero) is 1. The Morgan fingerprint density at radius 1 is 0.660 bits per heavy atom. The summed E-state index contributed by atoms with van der Waals surface area (Å²) in [5.74, 6) is 1.19. The summed E-state index contributed by atoms with van der Waals surface area (Å²) < 4.78 is 22.9. The van der Waals surface area contributed by atoms with E-state index >= 15 is 0 Å². The Hall–Kier alpha value is -6.68.